The molecule has 4 nitrogen and oxygen atoms in total. The molecule has 1 N–H and O–H groups in total. The van der Waals surface area contributed by atoms with Gasteiger partial charge in [-0.15, -0.1) is 11.3 Å². The van der Waals surface area contributed by atoms with E-state index in [1.54, 1.807) is 19.1 Å². The summed E-state index contributed by atoms with van der Waals surface area (Å²) in [5.41, 5.74) is 2.21. The smallest absolute Gasteiger partial charge is 0.229 e. The van der Waals surface area contributed by atoms with E-state index in [1.807, 2.05) is 17.5 Å². The lowest BCUT2D eigenvalue weighted by Gasteiger charge is -2.11. The monoisotopic (exact) mass is 441 g/mol. The topological polar surface area (TPSA) is 54.9 Å². The summed E-state index contributed by atoms with van der Waals surface area (Å²) in [5.74, 6) is -2.74. The molecular weight excluding hydrogens is 423 g/mol. The molecule has 2 aromatic heterocycles. The fourth-order valence-corrected chi connectivity index (χ4v) is 3.33. The summed E-state index contributed by atoms with van der Waals surface area (Å²) < 4.78 is 39.1. The fourth-order valence-electron chi connectivity index (χ4n) is 2.62. The first-order valence-electron chi connectivity index (χ1n) is 9.18. The predicted octanol–water partition coefficient (Wildman–Crippen LogP) is 6.62. The Hall–Kier alpha value is -3.52. The number of allylic oxidation sites excluding steroid dienone is 4. The van der Waals surface area contributed by atoms with Crippen LogP contribution in [0.5, 0.6) is 0 Å². The Balaban J connectivity index is 1.84. The predicted molar refractivity (Wildman–Crippen MR) is 117 cm³/mol. The van der Waals surface area contributed by atoms with Crippen molar-refractivity contribution in [3.05, 3.63) is 89.8 Å². The molecule has 0 aliphatic heterocycles. The van der Waals surface area contributed by atoms with Crippen LogP contribution in [0.2, 0.25) is 0 Å². The first-order chi connectivity index (χ1) is 14.8. The van der Waals surface area contributed by atoms with Gasteiger partial charge in [0.15, 0.2) is 17.5 Å². The van der Waals surface area contributed by atoms with E-state index in [0.29, 0.717) is 22.5 Å². The summed E-state index contributed by atoms with van der Waals surface area (Å²) in [6, 6.07) is 9.57. The second-order valence-corrected chi connectivity index (χ2v) is 7.54. The van der Waals surface area contributed by atoms with Crippen molar-refractivity contribution in [1.82, 2.24) is 9.97 Å². The first kappa shape index (κ1) is 22.2. The zero-order valence-electron chi connectivity index (χ0n) is 16.5. The van der Waals surface area contributed by atoms with Crippen LogP contribution < -0.4 is 5.32 Å². The number of thiophene rings is 1. The van der Waals surface area contributed by atoms with Gasteiger partial charge in [0.25, 0.3) is 0 Å². The molecular formula is C23H18F3N3OS. The molecule has 158 valence electrons. The normalized spacial score (nSPS) is 12.0. The maximum atomic E-state index is 13.2. The molecule has 0 saturated carbocycles. The van der Waals surface area contributed by atoms with Crippen molar-refractivity contribution in [1.29, 1.82) is 0 Å². The number of amides is 1. The maximum absolute atomic E-state index is 13.2. The highest BCUT2D eigenvalue weighted by Gasteiger charge is 2.15. The van der Waals surface area contributed by atoms with Crippen LogP contribution in [0.15, 0.2) is 83.9 Å². The van der Waals surface area contributed by atoms with Crippen LogP contribution in [0.25, 0.3) is 21.8 Å². The molecule has 0 unspecified atom stereocenters. The fraction of sp³-hybridized carbons (Fsp3) is 0.0870. The van der Waals surface area contributed by atoms with Crippen LogP contribution in [0.3, 0.4) is 0 Å². The molecule has 0 bridgehead atoms. The van der Waals surface area contributed by atoms with E-state index >= 15 is 0 Å². The van der Waals surface area contributed by atoms with Crippen molar-refractivity contribution < 1.29 is 18.0 Å². The summed E-state index contributed by atoms with van der Waals surface area (Å²) in [6.07, 6.45) is 3.67. The average Bonchev–Trinajstić information content (AvgIpc) is 3.27. The highest BCUT2D eigenvalue weighted by atomic mass is 32.1. The summed E-state index contributed by atoms with van der Waals surface area (Å²) in [4.78, 5) is 22.2. The van der Waals surface area contributed by atoms with Gasteiger partial charge in [0.2, 0.25) is 5.91 Å². The number of carbonyl (C=O) groups excluding carboxylic acids is 1. The summed E-state index contributed by atoms with van der Waals surface area (Å²) >= 11 is 1.43. The number of rotatable bonds is 7. The number of anilines is 1. The molecule has 3 rings (SSSR count). The number of benzene rings is 1. The van der Waals surface area contributed by atoms with Crippen molar-refractivity contribution >= 4 is 23.1 Å². The summed E-state index contributed by atoms with van der Waals surface area (Å²) in [5, 5.41) is 4.59. The van der Waals surface area contributed by atoms with E-state index in [1.165, 1.54) is 35.7 Å². The van der Waals surface area contributed by atoms with Gasteiger partial charge in [-0.05, 0) is 48.7 Å². The van der Waals surface area contributed by atoms with Crippen LogP contribution in [0.1, 0.15) is 13.3 Å². The number of halogens is 3. The standard InChI is InChI=1S/C23H18F3N3OS/c1-14(5-10-18(26)15(2)24)12-21(30)29-23-22(20-4-3-11-31-20)28-19(13-27-23)16-6-8-17(25)9-7-16/h3-11,13H,2,12H2,1H3,(H,27,29,30)/b14-5+,18-10+. The Morgan fingerprint density at radius 3 is 2.58 bits per heavy atom. The molecule has 0 fully saturated rings. The molecule has 1 aromatic carbocycles. The number of carbonyl (C=O) groups is 1. The van der Waals surface area contributed by atoms with Crippen molar-refractivity contribution in [2.24, 2.45) is 0 Å². The molecule has 2 heterocycles. The van der Waals surface area contributed by atoms with Gasteiger partial charge in [-0.25, -0.2) is 23.1 Å². The molecule has 0 atom stereocenters. The molecule has 0 aliphatic rings. The minimum absolute atomic E-state index is 0.0478. The third-order valence-electron chi connectivity index (χ3n) is 4.14. The Bertz CT molecular complexity index is 1150. The zero-order chi connectivity index (χ0) is 22.4. The van der Waals surface area contributed by atoms with E-state index in [2.05, 4.69) is 21.9 Å². The third-order valence-corrected chi connectivity index (χ3v) is 5.01. The molecule has 3 aromatic rings. The van der Waals surface area contributed by atoms with Crippen LogP contribution in [0.4, 0.5) is 19.0 Å². The Kier molecular flexibility index (Phi) is 7.15. The zero-order valence-corrected chi connectivity index (χ0v) is 17.3. The Morgan fingerprint density at radius 1 is 1.19 bits per heavy atom. The lowest BCUT2D eigenvalue weighted by Crippen LogP contribution is -2.14. The number of aromatic nitrogens is 2. The Morgan fingerprint density at radius 2 is 1.94 bits per heavy atom. The van der Waals surface area contributed by atoms with Gasteiger partial charge in [-0.2, -0.15) is 0 Å². The number of nitrogens with one attached hydrogen (secondary N) is 1. The van der Waals surface area contributed by atoms with Gasteiger partial charge < -0.3 is 5.32 Å². The highest BCUT2D eigenvalue weighted by molar-refractivity contribution is 7.13. The largest absolute Gasteiger partial charge is 0.309 e. The van der Waals surface area contributed by atoms with Crippen LogP contribution in [-0.2, 0) is 4.79 Å². The van der Waals surface area contributed by atoms with E-state index in [9.17, 15) is 18.0 Å². The molecule has 0 aliphatic carbocycles. The van der Waals surface area contributed by atoms with E-state index < -0.39 is 11.7 Å². The first-order valence-corrected chi connectivity index (χ1v) is 10.1. The second kappa shape index (κ2) is 9.99. The lowest BCUT2D eigenvalue weighted by molar-refractivity contribution is -0.115. The van der Waals surface area contributed by atoms with Gasteiger partial charge in [-0.3, -0.25) is 4.79 Å². The molecule has 31 heavy (non-hydrogen) atoms. The van der Waals surface area contributed by atoms with Gasteiger partial charge in [0.1, 0.15) is 11.5 Å². The van der Waals surface area contributed by atoms with Crippen LogP contribution >= 0.6 is 11.3 Å². The number of hydrogen-bond donors (Lipinski definition) is 1. The lowest BCUT2D eigenvalue weighted by atomic mass is 10.1. The van der Waals surface area contributed by atoms with Crippen molar-refractivity contribution in [3.8, 4) is 21.8 Å². The van der Waals surface area contributed by atoms with Gasteiger partial charge in [0, 0.05) is 12.0 Å². The third kappa shape index (κ3) is 5.99. The molecule has 1 amide bonds. The molecule has 0 radical (unpaired) electrons. The van der Waals surface area contributed by atoms with Gasteiger partial charge in [0.05, 0.1) is 16.8 Å². The van der Waals surface area contributed by atoms with E-state index in [-0.39, 0.29) is 24.0 Å². The van der Waals surface area contributed by atoms with E-state index in [0.717, 1.165) is 11.0 Å². The minimum Gasteiger partial charge on any atom is -0.309 e. The van der Waals surface area contributed by atoms with Gasteiger partial charge in [-0.1, -0.05) is 24.3 Å². The summed E-state index contributed by atoms with van der Waals surface area (Å²) in [7, 11) is 0. The van der Waals surface area contributed by atoms with Gasteiger partial charge >= 0.3 is 0 Å². The van der Waals surface area contributed by atoms with Crippen molar-refractivity contribution in [3.63, 3.8) is 0 Å². The maximum Gasteiger partial charge on any atom is 0.229 e. The number of hydrogen-bond acceptors (Lipinski definition) is 4. The SMILES string of the molecule is C=C(F)/C(F)=C\C=C(/C)CC(=O)Nc1ncc(-c2ccc(F)cc2)nc1-c1cccs1. The van der Waals surface area contributed by atoms with Crippen LogP contribution in [0, 0.1) is 5.82 Å². The van der Waals surface area contributed by atoms with Crippen molar-refractivity contribution in [2.75, 3.05) is 5.32 Å². The molecule has 8 heteroatoms. The quantitative estimate of drug-likeness (QED) is 0.419. The molecule has 0 spiro atoms. The average molecular weight is 441 g/mol. The molecule has 0 saturated heterocycles. The highest BCUT2D eigenvalue weighted by Crippen LogP contribution is 2.31. The minimum atomic E-state index is -1.18. The van der Waals surface area contributed by atoms with Crippen LogP contribution in [-0.4, -0.2) is 15.9 Å². The summed E-state index contributed by atoms with van der Waals surface area (Å²) in [6.45, 7) is 4.48. The Labute approximate surface area is 181 Å². The second-order valence-electron chi connectivity index (χ2n) is 6.59. The van der Waals surface area contributed by atoms with Crippen molar-refractivity contribution in [2.45, 2.75) is 13.3 Å². The van der Waals surface area contributed by atoms with E-state index in [4.69, 9.17) is 0 Å². The number of nitrogens with zero attached hydrogens (tertiary/aromatic N) is 2.